The lowest BCUT2D eigenvalue weighted by Crippen LogP contribution is -1.96. The standard InChI is InChI=1S/C44H28N2S/c1-3-13-30(14-4-1)39-28-40(46-44(45-39)31-15-5-2-6-16-31)36-26-34(33-23-22-29-12-7-8-17-32(29)24-33)25-35(27-36)37-19-11-21-42-43(37)38-18-9-10-20-41(38)47-42/h1-28H. The van der Waals surface area contributed by atoms with Crippen LogP contribution in [0.3, 0.4) is 0 Å². The van der Waals surface area contributed by atoms with Crippen molar-refractivity contribution >= 4 is 42.3 Å². The Morgan fingerprint density at radius 2 is 1.00 bits per heavy atom. The molecule has 220 valence electrons. The Labute approximate surface area is 277 Å². The number of aromatic nitrogens is 2. The predicted molar refractivity (Wildman–Crippen MR) is 200 cm³/mol. The fourth-order valence-electron chi connectivity index (χ4n) is 6.55. The van der Waals surface area contributed by atoms with Crippen molar-refractivity contribution in [2.75, 3.05) is 0 Å². The summed E-state index contributed by atoms with van der Waals surface area (Å²) in [5.41, 5.74) is 9.63. The summed E-state index contributed by atoms with van der Waals surface area (Å²) in [5, 5.41) is 5.05. The molecule has 2 heterocycles. The van der Waals surface area contributed by atoms with Crippen LogP contribution in [0, 0.1) is 0 Å². The number of thiophene rings is 1. The van der Waals surface area contributed by atoms with Gasteiger partial charge in [-0.25, -0.2) is 9.97 Å². The molecule has 7 aromatic carbocycles. The van der Waals surface area contributed by atoms with E-state index in [1.807, 2.05) is 35.6 Å². The Hall–Kier alpha value is -5.90. The van der Waals surface area contributed by atoms with Crippen LogP contribution in [0.2, 0.25) is 0 Å². The highest BCUT2D eigenvalue weighted by Gasteiger charge is 2.16. The smallest absolute Gasteiger partial charge is 0.160 e. The lowest BCUT2D eigenvalue weighted by Gasteiger charge is -2.14. The molecule has 0 saturated heterocycles. The van der Waals surface area contributed by atoms with E-state index in [1.165, 1.54) is 47.6 Å². The minimum Gasteiger partial charge on any atom is -0.228 e. The predicted octanol–water partition coefficient (Wildman–Crippen LogP) is 12.3. The van der Waals surface area contributed by atoms with Crippen molar-refractivity contribution in [1.82, 2.24) is 9.97 Å². The number of rotatable bonds is 5. The Balaban J connectivity index is 1.32. The first-order valence-corrected chi connectivity index (χ1v) is 16.6. The molecule has 0 fully saturated rings. The number of benzene rings is 7. The zero-order valence-corrected chi connectivity index (χ0v) is 26.3. The van der Waals surface area contributed by atoms with Gasteiger partial charge >= 0.3 is 0 Å². The van der Waals surface area contributed by atoms with Gasteiger partial charge in [0.1, 0.15) is 0 Å². The minimum atomic E-state index is 0.713. The normalized spacial score (nSPS) is 11.4. The number of hydrogen-bond acceptors (Lipinski definition) is 3. The maximum atomic E-state index is 5.21. The van der Waals surface area contributed by atoms with Crippen LogP contribution in [0.15, 0.2) is 170 Å². The molecule has 0 radical (unpaired) electrons. The summed E-state index contributed by atoms with van der Waals surface area (Å²) in [5.74, 6) is 0.713. The lowest BCUT2D eigenvalue weighted by atomic mass is 9.92. The third-order valence-electron chi connectivity index (χ3n) is 8.85. The molecule has 3 heteroatoms. The second-order valence-corrected chi connectivity index (χ2v) is 12.9. The highest BCUT2D eigenvalue weighted by Crippen LogP contribution is 2.42. The first kappa shape index (κ1) is 27.4. The average molecular weight is 617 g/mol. The van der Waals surface area contributed by atoms with Gasteiger partial charge in [-0.05, 0) is 75.5 Å². The number of nitrogens with zero attached hydrogens (tertiary/aromatic N) is 2. The highest BCUT2D eigenvalue weighted by molar-refractivity contribution is 7.25. The number of fused-ring (bicyclic) bond motifs is 4. The monoisotopic (exact) mass is 616 g/mol. The van der Waals surface area contributed by atoms with E-state index in [0.717, 1.165) is 33.6 Å². The minimum absolute atomic E-state index is 0.713. The van der Waals surface area contributed by atoms with Crippen LogP contribution in [0.4, 0.5) is 0 Å². The van der Waals surface area contributed by atoms with Gasteiger partial charge in [0, 0.05) is 36.9 Å². The third kappa shape index (κ3) is 5.07. The molecule has 0 aliphatic carbocycles. The van der Waals surface area contributed by atoms with Gasteiger partial charge in [-0.3, -0.25) is 0 Å². The summed E-state index contributed by atoms with van der Waals surface area (Å²) in [7, 11) is 0. The van der Waals surface area contributed by atoms with E-state index in [4.69, 9.17) is 9.97 Å². The third-order valence-corrected chi connectivity index (χ3v) is 9.99. The molecule has 2 nitrogen and oxygen atoms in total. The van der Waals surface area contributed by atoms with E-state index < -0.39 is 0 Å². The Bertz CT molecular complexity index is 2510. The van der Waals surface area contributed by atoms with Crippen LogP contribution in [0.25, 0.3) is 87.1 Å². The SMILES string of the molecule is c1ccc(-c2cc(-c3cc(-c4ccc5ccccc5c4)cc(-c4cccc5sc6ccccc6c45)c3)nc(-c3ccccc3)n2)cc1. The van der Waals surface area contributed by atoms with E-state index in [-0.39, 0.29) is 0 Å². The van der Waals surface area contributed by atoms with Gasteiger partial charge in [0.2, 0.25) is 0 Å². The first-order valence-electron chi connectivity index (χ1n) is 15.8. The van der Waals surface area contributed by atoms with Crippen LogP contribution >= 0.6 is 11.3 Å². The Kier molecular flexibility index (Phi) is 6.69. The summed E-state index contributed by atoms with van der Waals surface area (Å²) in [6, 6.07) is 60.4. The molecule has 9 rings (SSSR count). The number of hydrogen-bond donors (Lipinski definition) is 0. The molecule has 0 saturated carbocycles. The molecule has 0 spiro atoms. The Morgan fingerprint density at radius 3 is 1.83 bits per heavy atom. The van der Waals surface area contributed by atoms with Crippen molar-refractivity contribution < 1.29 is 0 Å². The summed E-state index contributed by atoms with van der Waals surface area (Å²) in [4.78, 5) is 10.3. The summed E-state index contributed by atoms with van der Waals surface area (Å²) in [6.45, 7) is 0. The summed E-state index contributed by atoms with van der Waals surface area (Å²) >= 11 is 1.85. The van der Waals surface area contributed by atoms with Gasteiger partial charge in [0.15, 0.2) is 5.82 Å². The van der Waals surface area contributed by atoms with Crippen LogP contribution in [0.5, 0.6) is 0 Å². The van der Waals surface area contributed by atoms with Gasteiger partial charge in [-0.1, -0.05) is 127 Å². The molecule has 2 aromatic heterocycles. The molecule has 9 aromatic rings. The molecule has 0 N–H and O–H groups in total. The van der Waals surface area contributed by atoms with Gasteiger partial charge < -0.3 is 0 Å². The molecule has 0 unspecified atom stereocenters. The van der Waals surface area contributed by atoms with Gasteiger partial charge in [-0.2, -0.15) is 0 Å². The quantitative estimate of drug-likeness (QED) is 0.192. The zero-order valence-electron chi connectivity index (χ0n) is 25.5. The molecule has 0 aliphatic heterocycles. The lowest BCUT2D eigenvalue weighted by molar-refractivity contribution is 1.18. The topological polar surface area (TPSA) is 25.8 Å². The largest absolute Gasteiger partial charge is 0.228 e. The van der Waals surface area contributed by atoms with Gasteiger partial charge in [0.25, 0.3) is 0 Å². The van der Waals surface area contributed by atoms with Crippen molar-refractivity contribution in [1.29, 1.82) is 0 Å². The van der Waals surface area contributed by atoms with E-state index in [9.17, 15) is 0 Å². The van der Waals surface area contributed by atoms with Gasteiger partial charge in [-0.15, -0.1) is 11.3 Å². The zero-order chi connectivity index (χ0) is 31.2. The van der Waals surface area contributed by atoms with Crippen LogP contribution < -0.4 is 0 Å². The van der Waals surface area contributed by atoms with Crippen molar-refractivity contribution in [3.8, 4) is 56.2 Å². The average Bonchev–Trinajstić information content (AvgIpc) is 3.54. The second-order valence-electron chi connectivity index (χ2n) is 11.8. The summed E-state index contributed by atoms with van der Waals surface area (Å²) in [6.07, 6.45) is 0. The van der Waals surface area contributed by atoms with Gasteiger partial charge in [0.05, 0.1) is 11.4 Å². The second kappa shape index (κ2) is 11.5. The maximum absolute atomic E-state index is 5.21. The van der Waals surface area contributed by atoms with E-state index in [2.05, 4.69) is 146 Å². The van der Waals surface area contributed by atoms with Crippen molar-refractivity contribution in [3.63, 3.8) is 0 Å². The molecule has 0 aliphatic rings. The molecule has 0 amide bonds. The van der Waals surface area contributed by atoms with Crippen LogP contribution in [0.1, 0.15) is 0 Å². The van der Waals surface area contributed by atoms with Crippen molar-refractivity contribution in [2.24, 2.45) is 0 Å². The molecule has 47 heavy (non-hydrogen) atoms. The molecule has 0 bridgehead atoms. The maximum Gasteiger partial charge on any atom is 0.160 e. The summed E-state index contributed by atoms with van der Waals surface area (Å²) < 4.78 is 2.60. The fourth-order valence-corrected chi connectivity index (χ4v) is 7.68. The van der Waals surface area contributed by atoms with E-state index >= 15 is 0 Å². The fraction of sp³-hybridized carbons (Fsp3) is 0. The van der Waals surface area contributed by atoms with Crippen molar-refractivity contribution in [2.45, 2.75) is 0 Å². The van der Waals surface area contributed by atoms with Crippen molar-refractivity contribution in [3.05, 3.63) is 170 Å². The Morgan fingerprint density at radius 1 is 0.362 bits per heavy atom. The van der Waals surface area contributed by atoms with E-state index in [1.54, 1.807) is 0 Å². The van der Waals surface area contributed by atoms with Crippen LogP contribution in [-0.2, 0) is 0 Å². The molecule has 0 atom stereocenters. The molecular formula is C44H28N2S. The van der Waals surface area contributed by atoms with Crippen LogP contribution in [-0.4, -0.2) is 9.97 Å². The van der Waals surface area contributed by atoms with E-state index in [0.29, 0.717) is 5.82 Å². The highest BCUT2D eigenvalue weighted by atomic mass is 32.1. The first-order chi connectivity index (χ1) is 23.3. The molecular weight excluding hydrogens is 589 g/mol.